The van der Waals surface area contributed by atoms with E-state index in [1.807, 2.05) is 0 Å². The Morgan fingerprint density at radius 3 is 2.92 bits per heavy atom. The van der Waals surface area contributed by atoms with Crippen molar-refractivity contribution in [3.63, 3.8) is 0 Å². The van der Waals surface area contributed by atoms with Gasteiger partial charge in [-0.05, 0) is 15.9 Å². The number of anilines is 1. The highest BCUT2D eigenvalue weighted by Crippen LogP contribution is 2.19. The molecule has 68 valence electrons. The smallest absolute Gasteiger partial charge is 0.206 e. The number of aromatic nitrogens is 2. The van der Waals surface area contributed by atoms with Gasteiger partial charge in [-0.25, -0.2) is 0 Å². The van der Waals surface area contributed by atoms with Gasteiger partial charge in [-0.3, -0.25) is 4.21 Å². The van der Waals surface area contributed by atoms with E-state index in [4.69, 9.17) is 0 Å². The summed E-state index contributed by atoms with van der Waals surface area (Å²) in [4.78, 5) is 0. The number of hydrogen-bond acceptors (Lipinski definition) is 5. The molecule has 1 rings (SSSR count). The molecule has 1 heterocycles. The van der Waals surface area contributed by atoms with Crippen molar-refractivity contribution < 1.29 is 4.21 Å². The van der Waals surface area contributed by atoms with E-state index in [1.54, 1.807) is 6.26 Å². The lowest BCUT2D eigenvalue weighted by atomic mass is 10.7. The van der Waals surface area contributed by atoms with Crippen molar-refractivity contribution in [3.8, 4) is 0 Å². The van der Waals surface area contributed by atoms with Gasteiger partial charge in [-0.1, -0.05) is 11.3 Å². The topological polar surface area (TPSA) is 54.9 Å². The van der Waals surface area contributed by atoms with Crippen LogP contribution in [0.2, 0.25) is 0 Å². The summed E-state index contributed by atoms with van der Waals surface area (Å²) in [7, 11) is -0.750. The lowest BCUT2D eigenvalue weighted by Gasteiger charge is -1.97. The molecule has 7 heteroatoms. The molecule has 1 aromatic rings. The van der Waals surface area contributed by atoms with Gasteiger partial charge in [0.1, 0.15) is 0 Å². The van der Waals surface area contributed by atoms with E-state index in [9.17, 15) is 4.21 Å². The van der Waals surface area contributed by atoms with Crippen molar-refractivity contribution in [3.05, 3.63) is 3.92 Å². The molecule has 0 aromatic carbocycles. The first kappa shape index (κ1) is 10.1. The molecule has 1 aromatic heterocycles. The molecule has 0 fully saturated rings. The Kier molecular flexibility index (Phi) is 4.10. The monoisotopic (exact) mass is 269 g/mol. The summed E-state index contributed by atoms with van der Waals surface area (Å²) < 4.78 is 11.4. The highest BCUT2D eigenvalue weighted by atomic mass is 79.9. The second-order valence-corrected chi connectivity index (χ2v) is 5.87. The van der Waals surface area contributed by atoms with Gasteiger partial charge in [0, 0.05) is 29.4 Å². The highest BCUT2D eigenvalue weighted by Gasteiger charge is 1.99. The maximum atomic E-state index is 10.7. The average molecular weight is 270 g/mol. The first-order chi connectivity index (χ1) is 5.68. The molecule has 12 heavy (non-hydrogen) atoms. The third-order valence-electron chi connectivity index (χ3n) is 1.07. The number of nitrogens with zero attached hydrogens (tertiary/aromatic N) is 2. The zero-order valence-electron chi connectivity index (χ0n) is 6.41. The molecule has 0 spiro atoms. The van der Waals surface area contributed by atoms with Crippen LogP contribution in [0.1, 0.15) is 0 Å². The zero-order valence-corrected chi connectivity index (χ0v) is 9.63. The second kappa shape index (κ2) is 4.88. The van der Waals surface area contributed by atoms with Gasteiger partial charge in [0.2, 0.25) is 5.13 Å². The molecule has 0 bridgehead atoms. The van der Waals surface area contributed by atoms with E-state index in [0.717, 1.165) is 9.05 Å². The fourth-order valence-electron chi connectivity index (χ4n) is 0.578. The fourth-order valence-corrected chi connectivity index (χ4v) is 2.00. The molecule has 0 amide bonds. The van der Waals surface area contributed by atoms with Crippen LogP contribution in [0.3, 0.4) is 0 Å². The fraction of sp³-hybridized carbons (Fsp3) is 0.600. The zero-order chi connectivity index (χ0) is 8.97. The van der Waals surface area contributed by atoms with Crippen molar-refractivity contribution in [2.75, 3.05) is 23.9 Å². The van der Waals surface area contributed by atoms with Crippen LogP contribution < -0.4 is 5.32 Å². The minimum Gasteiger partial charge on any atom is -0.359 e. The Balaban J connectivity index is 2.29. The standard InChI is InChI=1S/C5H8BrN3OS2/c1-12(10)3-2-7-5-9-8-4(6)11-5/h2-3H2,1H3,(H,7,9). The SMILES string of the molecule is CS(=O)CCNc1nnc(Br)s1. The Morgan fingerprint density at radius 1 is 1.67 bits per heavy atom. The molecule has 0 saturated carbocycles. The third-order valence-corrected chi connectivity index (χ3v) is 3.16. The van der Waals surface area contributed by atoms with Crippen molar-refractivity contribution >= 4 is 43.2 Å². The minimum atomic E-state index is -0.750. The van der Waals surface area contributed by atoms with Gasteiger partial charge in [-0.15, -0.1) is 10.2 Å². The van der Waals surface area contributed by atoms with Crippen LogP contribution in [0, 0.1) is 0 Å². The summed E-state index contributed by atoms with van der Waals surface area (Å²) in [6, 6.07) is 0. The van der Waals surface area contributed by atoms with E-state index in [1.165, 1.54) is 11.3 Å². The van der Waals surface area contributed by atoms with Crippen molar-refractivity contribution in [2.45, 2.75) is 0 Å². The van der Waals surface area contributed by atoms with Gasteiger partial charge in [0.05, 0.1) is 0 Å². The number of halogens is 1. The van der Waals surface area contributed by atoms with Crippen molar-refractivity contribution in [2.24, 2.45) is 0 Å². The molecule has 0 aliphatic carbocycles. The lowest BCUT2D eigenvalue weighted by molar-refractivity contribution is 0.687. The highest BCUT2D eigenvalue weighted by molar-refractivity contribution is 9.11. The van der Waals surface area contributed by atoms with Gasteiger partial charge in [0.15, 0.2) is 3.92 Å². The van der Waals surface area contributed by atoms with E-state index < -0.39 is 10.8 Å². The quantitative estimate of drug-likeness (QED) is 0.889. The number of rotatable bonds is 4. The molecule has 1 N–H and O–H groups in total. The summed E-state index contributed by atoms with van der Waals surface area (Å²) in [5.41, 5.74) is 0. The number of nitrogens with one attached hydrogen (secondary N) is 1. The van der Waals surface area contributed by atoms with Gasteiger partial charge >= 0.3 is 0 Å². The molecule has 0 aliphatic rings. The van der Waals surface area contributed by atoms with E-state index >= 15 is 0 Å². The third kappa shape index (κ3) is 3.59. The van der Waals surface area contributed by atoms with Crippen LogP contribution in [-0.4, -0.2) is 33.0 Å². The predicted molar refractivity (Wildman–Crippen MR) is 55.0 cm³/mol. The summed E-state index contributed by atoms with van der Waals surface area (Å²) >= 11 is 4.62. The summed E-state index contributed by atoms with van der Waals surface area (Å²) in [5.74, 6) is 0.636. The summed E-state index contributed by atoms with van der Waals surface area (Å²) in [5, 5.41) is 11.4. The van der Waals surface area contributed by atoms with Crippen LogP contribution in [0.4, 0.5) is 5.13 Å². The normalized spacial score (nSPS) is 12.8. The minimum absolute atomic E-state index is 0.636. The van der Waals surface area contributed by atoms with Gasteiger partial charge in [-0.2, -0.15) is 0 Å². The van der Waals surface area contributed by atoms with Gasteiger partial charge < -0.3 is 5.32 Å². The van der Waals surface area contributed by atoms with Crippen LogP contribution in [0.15, 0.2) is 3.92 Å². The molecule has 1 unspecified atom stereocenters. The Labute approximate surface area is 85.4 Å². The first-order valence-corrected chi connectivity index (χ1v) is 6.55. The Bertz CT molecular complexity index is 277. The maximum Gasteiger partial charge on any atom is 0.206 e. The predicted octanol–water partition coefficient (Wildman–Crippen LogP) is 1.09. The lowest BCUT2D eigenvalue weighted by Crippen LogP contribution is -2.09. The second-order valence-electron chi connectivity index (χ2n) is 2.06. The molecule has 0 aliphatic heterocycles. The van der Waals surface area contributed by atoms with E-state index in [-0.39, 0.29) is 0 Å². The Morgan fingerprint density at radius 2 is 2.42 bits per heavy atom. The maximum absolute atomic E-state index is 10.7. The van der Waals surface area contributed by atoms with Crippen LogP contribution in [0.25, 0.3) is 0 Å². The van der Waals surface area contributed by atoms with Gasteiger partial charge in [0.25, 0.3) is 0 Å². The molecule has 1 atom stereocenters. The molecule has 0 saturated heterocycles. The van der Waals surface area contributed by atoms with Crippen molar-refractivity contribution in [1.82, 2.24) is 10.2 Å². The largest absolute Gasteiger partial charge is 0.359 e. The van der Waals surface area contributed by atoms with Crippen LogP contribution >= 0.6 is 27.3 Å². The molecule has 4 nitrogen and oxygen atoms in total. The molecule has 0 radical (unpaired) electrons. The van der Waals surface area contributed by atoms with Crippen LogP contribution in [0.5, 0.6) is 0 Å². The Hall–Kier alpha value is -0.0100. The van der Waals surface area contributed by atoms with Crippen LogP contribution in [-0.2, 0) is 10.8 Å². The van der Waals surface area contributed by atoms with E-state index in [2.05, 4.69) is 31.4 Å². The number of hydrogen-bond donors (Lipinski definition) is 1. The van der Waals surface area contributed by atoms with Crippen molar-refractivity contribution in [1.29, 1.82) is 0 Å². The average Bonchev–Trinajstić information content (AvgIpc) is 2.35. The molecular formula is C5H8BrN3OS2. The first-order valence-electron chi connectivity index (χ1n) is 3.21. The summed E-state index contributed by atoms with van der Waals surface area (Å²) in [6.45, 7) is 0.671. The van der Waals surface area contributed by atoms with E-state index in [0.29, 0.717) is 12.3 Å². The summed E-state index contributed by atoms with van der Waals surface area (Å²) in [6.07, 6.45) is 1.68. The molecular weight excluding hydrogens is 262 g/mol.